The van der Waals surface area contributed by atoms with Gasteiger partial charge in [-0.2, -0.15) is 0 Å². The highest BCUT2D eigenvalue weighted by atomic mass is 16.5. The Morgan fingerprint density at radius 2 is 1.90 bits per heavy atom. The summed E-state index contributed by atoms with van der Waals surface area (Å²) in [6, 6.07) is 16.9. The van der Waals surface area contributed by atoms with Crippen molar-refractivity contribution in [3.63, 3.8) is 0 Å². The van der Waals surface area contributed by atoms with E-state index in [1.165, 1.54) is 0 Å². The van der Waals surface area contributed by atoms with Crippen molar-refractivity contribution < 1.29 is 19.0 Å². The van der Waals surface area contributed by atoms with E-state index in [9.17, 15) is 4.79 Å². The third-order valence-electron chi connectivity index (χ3n) is 4.49. The smallest absolute Gasteiger partial charge is 0.251 e. The lowest BCUT2D eigenvalue weighted by Crippen LogP contribution is -2.25. The maximum absolute atomic E-state index is 12.5. The van der Waals surface area contributed by atoms with Gasteiger partial charge in [0.05, 0.1) is 13.2 Å². The summed E-state index contributed by atoms with van der Waals surface area (Å²) in [5.41, 5.74) is 2.64. The molecule has 3 rings (SSSR count). The van der Waals surface area contributed by atoms with Crippen LogP contribution in [0.25, 0.3) is 0 Å². The van der Waals surface area contributed by atoms with Gasteiger partial charge in [-0.3, -0.25) is 9.78 Å². The highest BCUT2D eigenvalue weighted by Gasteiger charge is 2.12. The van der Waals surface area contributed by atoms with Crippen LogP contribution >= 0.6 is 0 Å². The topological polar surface area (TPSA) is 69.7 Å². The predicted molar refractivity (Wildman–Crippen MR) is 120 cm³/mol. The number of nitrogens with one attached hydrogen (secondary N) is 1. The van der Waals surface area contributed by atoms with Crippen LogP contribution in [0.15, 0.2) is 67.0 Å². The summed E-state index contributed by atoms with van der Waals surface area (Å²) >= 11 is 0. The Bertz CT molecular complexity index is 976. The van der Waals surface area contributed by atoms with E-state index in [1.54, 1.807) is 30.6 Å². The van der Waals surface area contributed by atoms with Gasteiger partial charge in [0.1, 0.15) is 12.4 Å². The Morgan fingerprint density at radius 3 is 2.68 bits per heavy atom. The van der Waals surface area contributed by atoms with Gasteiger partial charge in [-0.15, -0.1) is 0 Å². The molecule has 0 fully saturated rings. The fourth-order valence-electron chi connectivity index (χ4n) is 2.95. The Hall–Kier alpha value is -3.54. The molecule has 3 aromatic rings. The number of rotatable bonds is 11. The number of nitrogens with zero attached hydrogens (tertiary/aromatic N) is 1. The van der Waals surface area contributed by atoms with Crippen molar-refractivity contribution in [2.75, 3.05) is 19.8 Å². The van der Waals surface area contributed by atoms with Gasteiger partial charge in [0.25, 0.3) is 5.91 Å². The van der Waals surface area contributed by atoms with Crippen LogP contribution < -0.4 is 19.5 Å². The second kappa shape index (κ2) is 11.6. The molecule has 1 heterocycles. The van der Waals surface area contributed by atoms with Crippen molar-refractivity contribution in [2.45, 2.75) is 26.9 Å². The molecule has 6 nitrogen and oxygen atoms in total. The minimum atomic E-state index is -0.157. The number of ether oxygens (including phenoxy) is 3. The fraction of sp³-hybridized carbons (Fsp3) is 0.280. The molecule has 0 aliphatic heterocycles. The van der Waals surface area contributed by atoms with Crippen molar-refractivity contribution in [3.05, 3.63) is 83.7 Å². The first kappa shape index (κ1) is 22.2. The number of aryl methyl sites for hydroxylation is 1. The minimum Gasteiger partial charge on any atom is -0.494 e. The molecule has 162 valence electrons. The summed E-state index contributed by atoms with van der Waals surface area (Å²) in [6.45, 7) is 5.83. The van der Waals surface area contributed by atoms with Crippen LogP contribution in [0.5, 0.6) is 17.2 Å². The molecule has 0 saturated carbocycles. The number of pyridine rings is 1. The molecule has 0 aliphatic carbocycles. The van der Waals surface area contributed by atoms with Crippen LogP contribution in [0.2, 0.25) is 0 Å². The zero-order chi connectivity index (χ0) is 21.9. The molecule has 1 N–H and O–H groups in total. The summed E-state index contributed by atoms with van der Waals surface area (Å²) in [5, 5.41) is 2.92. The SMILES string of the molecule is CCOc1cc(C(=O)NCCCOc2cccc(C)c2)ccc1OCc1cccnc1. The molecule has 0 radical (unpaired) electrons. The third-order valence-corrected chi connectivity index (χ3v) is 4.49. The zero-order valence-corrected chi connectivity index (χ0v) is 18.0. The van der Waals surface area contributed by atoms with E-state index >= 15 is 0 Å². The lowest BCUT2D eigenvalue weighted by Gasteiger charge is -2.13. The van der Waals surface area contributed by atoms with Gasteiger partial charge in [-0.05, 0) is 62.2 Å². The largest absolute Gasteiger partial charge is 0.494 e. The van der Waals surface area contributed by atoms with Crippen LogP contribution in [-0.2, 0) is 6.61 Å². The standard InChI is InChI=1S/C25H28N2O4/c1-3-29-24-16-21(10-11-23(24)31-18-20-8-5-12-26-17-20)25(28)27-13-6-14-30-22-9-4-7-19(2)15-22/h4-5,7-12,15-17H,3,6,13-14,18H2,1-2H3,(H,27,28). The lowest BCUT2D eigenvalue weighted by molar-refractivity contribution is 0.0951. The Morgan fingerprint density at radius 1 is 1.00 bits per heavy atom. The number of hydrogen-bond donors (Lipinski definition) is 1. The van der Waals surface area contributed by atoms with Crippen molar-refractivity contribution in [1.29, 1.82) is 0 Å². The summed E-state index contributed by atoms with van der Waals surface area (Å²) in [7, 11) is 0. The van der Waals surface area contributed by atoms with Crippen molar-refractivity contribution >= 4 is 5.91 Å². The molecule has 0 saturated heterocycles. The third kappa shape index (κ3) is 7.03. The van der Waals surface area contributed by atoms with Gasteiger partial charge in [0.2, 0.25) is 0 Å². The summed E-state index contributed by atoms with van der Waals surface area (Å²) in [6.07, 6.45) is 4.19. The summed E-state index contributed by atoms with van der Waals surface area (Å²) in [5.74, 6) is 1.82. The summed E-state index contributed by atoms with van der Waals surface area (Å²) < 4.78 is 17.3. The second-order valence-corrected chi connectivity index (χ2v) is 7.02. The van der Waals surface area contributed by atoms with Gasteiger partial charge in [-0.25, -0.2) is 0 Å². The van der Waals surface area contributed by atoms with Gasteiger partial charge in [0, 0.05) is 30.1 Å². The Kier molecular flexibility index (Phi) is 8.29. The molecule has 0 bridgehead atoms. The highest BCUT2D eigenvalue weighted by molar-refractivity contribution is 5.94. The molecule has 31 heavy (non-hydrogen) atoms. The first-order valence-electron chi connectivity index (χ1n) is 10.4. The van der Waals surface area contributed by atoms with Gasteiger partial charge in [0.15, 0.2) is 11.5 Å². The maximum Gasteiger partial charge on any atom is 0.251 e. The highest BCUT2D eigenvalue weighted by Crippen LogP contribution is 2.29. The molecule has 0 atom stereocenters. The molecular weight excluding hydrogens is 392 g/mol. The molecule has 0 spiro atoms. The monoisotopic (exact) mass is 420 g/mol. The molecule has 1 amide bonds. The molecule has 0 aliphatic rings. The molecule has 0 unspecified atom stereocenters. The Labute approximate surface area is 183 Å². The van der Waals surface area contributed by atoms with Gasteiger partial charge >= 0.3 is 0 Å². The number of aromatic nitrogens is 1. The number of amides is 1. The van der Waals surface area contributed by atoms with E-state index in [0.717, 1.165) is 16.9 Å². The molecular formula is C25H28N2O4. The van der Waals surface area contributed by atoms with E-state index in [2.05, 4.69) is 10.3 Å². The van der Waals surface area contributed by atoms with Crippen molar-refractivity contribution in [1.82, 2.24) is 10.3 Å². The number of benzene rings is 2. The van der Waals surface area contributed by atoms with Gasteiger partial charge in [-0.1, -0.05) is 18.2 Å². The molecule has 6 heteroatoms. The van der Waals surface area contributed by atoms with E-state index < -0.39 is 0 Å². The fourth-order valence-corrected chi connectivity index (χ4v) is 2.95. The molecule has 1 aromatic heterocycles. The number of hydrogen-bond acceptors (Lipinski definition) is 5. The van der Waals surface area contributed by atoms with Crippen molar-refractivity contribution in [3.8, 4) is 17.2 Å². The Balaban J connectivity index is 1.50. The van der Waals surface area contributed by atoms with Crippen LogP contribution in [0.4, 0.5) is 0 Å². The first-order valence-corrected chi connectivity index (χ1v) is 10.4. The quantitative estimate of drug-likeness (QED) is 0.460. The normalized spacial score (nSPS) is 10.4. The van der Waals surface area contributed by atoms with E-state index in [1.807, 2.05) is 50.2 Å². The second-order valence-electron chi connectivity index (χ2n) is 7.02. The number of carbonyl (C=O) groups is 1. The molecule has 2 aromatic carbocycles. The lowest BCUT2D eigenvalue weighted by atomic mass is 10.2. The summed E-state index contributed by atoms with van der Waals surface area (Å²) in [4.78, 5) is 16.6. The van der Waals surface area contributed by atoms with Gasteiger partial charge < -0.3 is 19.5 Å². The van der Waals surface area contributed by atoms with E-state index in [-0.39, 0.29) is 5.91 Å². The number of carbonyl (C=O) groups excluding carboxylic acids is 1. The zero-order valence-electron chi connectivity index (χ0n) is 18.0. The maximum atomic E-state index is 12.5. The minimum absolute atomic E-state index is 0.157. The van der Waals surface area contributed by atoms with Crippen LogP contribution in [0, 0.1) is 6.92 Å². The average Bonchev–Trinajstić information content (AvgIpc) is 2.79. The average molecular weight is 421 g/mol. The van der Waals surface area contributed by atoms with Crippen LogP contribution in [0.1, 0.15) is 34.8 Å². The van der Waals surface area contributed by atoms with Crippen LogP contribution in [0.3, 0.4) is 0 Å². The predicted octanol–water partition coefficient (Wildman–Crippen LogP) is 4.57. The van der Waals surface area contributed by atoms with E-state index in [4.69, 9.17) is 14.2 Å². The van der Waals surface area contributed by atoms with E-state index in [0.29, 0.717) is 49.8 Å². The first-order chi connectivity index (χ1) is 15.2. The van der Waals surface area contributed by atoms with Crippen LogP contribution in [-0.4, -0.2) is 30.6 Å². The van der Waals surface area contributed by atoms with Crippen molar-refractivity contribution in [2.24, 2.45) is 0 Å².